The van der Waals surface area contributed by atoms with E-state index in [1.807, 2.05) is 0 Å². The van der Waals surface area contributed by atoms with Gasteiger partial charge in [-0.1, -0.05) is 20.3 Å². The minimum atomic E-state index is -0.426. The molecule has 29 heavy (non-hydrogen) atoms. The molecule has 1 aliphatic heterocycles. The Bertz CT molecular complexity index is 775. The second-order valence-electron chi connectivity index (χ2n) is 7.00. The van der Waals surface area contributed by atoms with Crippen molar-refractivity contribution in [1.29, 1.82) is 0 Å². The van der Waals surface area contributed by atoms with Gasteiger partial charge in [-0.3, -0.25) is 0 Å². The molecule has 3 rings (SSSR count). The summed E-state index contributed by atoms with van der Waals surface area (Å²) < 4.78 is 13.4. The van der Waals surface area contributed by atoms with Gasteiger partial charge in [-0.2, -0.15) is 4.98 Å². The fraction of sp³-hybridized carbons (Fsp3) is 0.500. The van der Waals surface area contributed by atoms with Gasteiger partial charge in [-0.15, -0.1) is 24.8 Å². The van der Waals surface area contributed by atoms with Crippen LogP contribution in [-0.4, -0.2) is 35.6 Å². The number of piperidine rings is 1. The van der Waals surface area contributed by atoms with Crippen molar-refractivity contribution < 1.29 is 4.39 Å². The molecule has 0 saturated carbocycles. The Labute approximate surface area is 184 Å². The van der Waals surface area contributed by atoms with Crippen LogP contribution < -0.4 is 21.3 Å². The Morgan fingerprint density at radius 3 is 2.69 bits per heavy atom. The van der Waals surface area contributed by atoms with Gasteiger partial charge in [0.25, 0.3) is 0 Å². The molecule has 1 fully saturated rings. The van der Waals surface area contributed by atoms with Crippen molar-refractivity contribution >= 4 is 48.0 Å². The quantitative estimate of drug-likeness (QED) is 0.551. The molecule has 1 aliphatic rings. The van der Waals surface area contributed by atoms with E-state index in [2.05, 4.69) is 40.4 Å². The largest absolute Gasteiger partial charge is 0.396 e. The van der Waals surface area contributed by atoms with Crippen LogP contribution in [0.1, 0.15) is 38.8 Å². The number of rotatable bonds is 7. The fourth-order valence-corrected chi connectivity index (χ4v) is 3.48. The molecule has 1 atom stereocenters. The minimum absolute atomic E-state index is 0. The lowest BCUT2D eigenvalue weighted by atomic mass is 10.1. The van der Waals surface area contributed by atoms with E-state index in [1.165, 1.54) is 12.5 Å². The van der Waals surface area contributed by atoms with Crippen LogP contribution >= 0.6 is 24.8 Å². The molecule has 4 N–H and O–H groups in total. The first kappa shape index (κ1) is 25.2. The average Bonchev–Trinajstić information content (AvgIpc) is 2.65. The van der Waals surface area contributed by atoms with E-state index < -0.39 is 5.82 Å². The van der Waals surface area contributed by atoms with E-state index in [-0.39, 0.29) is 30.5 Å². The second kappa shape index (κ2) is 12.0. The maximum absolute atomic E-state index is 13.4. The van der Waals surface area contributed by atoms with Gasteiger partial charge in [0.2, 0.25) is 5.95 Å². The Morgan fingerprint density at radius 1 is 1.21 bits per heavy atom. The van der Waals surface area contributed by atoms with Crippen LogP contribution in [0.25, 0.3) is 0 Å². The van der Waals surface area contributed by atoms with Crippen LogP contribution in [0, 0.1) is 5.82 Å². The molecule has 0 spiro atoms. The van der Waals surface area contributed by atoms with Crippen LogP contribution in [0.2, 0.25) is 0 Å². The van der Waals surface area contributed by atoms with Crippen molar-refractivity contribution in [3.63, 3.8) is 0 Å². The smallest absolute Gasteiger partial charge is 0.229 e. The summed E-state index contributed by atoms with van der Waals surface area (Å²) in [7, 11) is 0. The highest BCUT2D eigenvalue weighted by atomic mass is 35.5. The maximum Gasteiger partial charge on any atom is 0.229 e. The summed E-state index contributed by atoms with van der Waals surface area (Å²) >= 11 is 0. The Kier molecular flexibility index (Phi) is 10.4. The highest BCUT2D eigenvalue weighted by Gasteiger charge is 2.21. The molecule has 0 unspecified atom stereocenters. The van der Waals surface area contributed by atoms with E-state index in [0.29, 0.717) is 17.7 Å². The SMILES string of the molecule is CCCc1cc(N2CCC[C@@H](NCC)C2)nc(Nc2ccc(F)c(N)c2)n1.Cl.Cl. The molecule has 2 aromatic rings. The number of hydrogen-bond acceptors (Lipinski definition) is 6. The van der Waals surface area contributed by atoms with Crippen LogP contribution in [0.15, 0.2) is 24.3 Å². The molecule has 9 heteroatoms. The van der Waals surface area contributed by atoms with E-state index in [1.54, 1.807) is 12.1 Å². The molecule has 0 amide bonds. The maximum atomic E-state index is 13.4. The number of anilines is 4. The summed E-state index contributed by atoms with van der Waals surface area (Å²) in [5.74, 6) is 1.03. The van der Waals surface area contributed by atoms with Gasteiger partial charge in [-0.05, 0) is 44.0 Å². The molecular formula is C20H31Cl2FN6. The molecule has 162 valence electrons. The van der Waals surface area contributed by atoms with Crippen LogP contribution in [0.5, 0.6) is 0 Å². The molecule has 2 heterocycles. The summed E-state index contributed by atoms with van der Waals surface area (Å²) in [6.45, 7) is 7.19. The third kappa shape index (κ3) is 6.87. The number of benzene rings is 1. The first-order valence-electron chi connectivity index (χ1n) is 9.77. The highest BCUT2D eigenvalue weighted by molar-refractivity contribution is 5.85. The number of nitrogen functional groups attached to an aromatic ring is 1. The lowest BCUT2D eigenvalue weighted by Crippen LogP contribution is -2.46. The number of halogens is 3. The first-order valence-corrected chi connectivity index (χ1v) is 9.77. The predicted molar refractivity (Wildman–Crippen MR) is 124 cm³/mol. The Balaban J connectivity index is 0.00000210. The van der Waals surface area contributed by atoms with Gasteiger partial charge < -0.3 is 21.3 Å². The van der Waals surface area contributed by atoms with Gasteiger partial charge in [0.15, 0.2) is 0 Å². The molecule has 1 aromatic heterocycles. The van der Waals surface area contributed by atoms with Crippen molar-refractivity contribution in [3.05, 3.63) is 35.8 Å². The molecule has 1 saturated heterocycles. The lowest BCUT2D eigenvalue weighted by Gasteiger charge is -2.34. The normalized spacial score (nSPS) is 16.0. The molecule has 0 aliphatic carbocycles. The lowest BCUT2D eigenvalue weighted by molar-refractivity contribution is 0.429. The minimum Gasteiger partial charge on any atom is -0.396 e. The number of nitrogens with zero attached hydrogens (tertiary/aromatic N) is 3. The summed E-state index contributed by atoms with van der Waals surface area (Å²) in [4.78, 5) is 11.7. The number of hydrogen-bond donors (Lipinski definition) is 3. The van der Waals surface area contributed by atoms with E-state index in [4.69, 9.17) is 10.7 Å². The van der Waals surface area contributed by atoms with Crippen molar-refractivity contribution in [2.75, 3.05) is 35.6 Å². The predicted octanol–water partition coefficient (Wildman–Crippen LogP) is 4.32. The van der Waals surface area contributed by atoms with Crippen molar-refractivity contribution in [1.82, 2.24) is 15.3 Å². The molecule has 1 aromatic carbocycles. The van der Waals surface area contributed by atoms with Gasteiger partial charge >= 0.3 is 0 Å². The summed E-state index contributed by atoms with van der Waals surface area (Å²) in [6.07, 6.45) is 4.24. The van der Waals surface area contributed by atoms with Gasteiger partial charge in [0, 0.05) is 36.6 Å². The summed E-state index contributed by atoms with van der Waals surface area (Å²) in [5.41, 5.74) is 7.46. The topological polar surface area (TPSA) is 79.1 Å². The van der Waals surface area contributed by atoms with E-state index in [9.17, 15) is 4.39 Å². The zero-order valence-corrected chi connectivity index (χ0v) is 18.6. The highest BCUT2D eigenvalue weighted by Crippen LogP contribution is 2.24. The standard InChI is InChI=1S/C20H29FN6.2ClH/c1-3-6-14-12-19(27-10-5-7-16(13-27)23-4-2)26-20(24-14)25-15-8-9-17(21)18(22)11-15;;/h8-9,11-12,16,23H,3-7,10,13,22H2,1-2H3,(H,24,25,26);2*1H/t16-;;/m1../s1. The number of nitrogens with two attached hydrogens (primary N) is 1. The second-order valence-corrected chi connectivity index (χ2v) is 7.00. The van der Waals surface area contributed by atoms with E-state index in [0.717, 1.165) is 50.4 Å². The molecule has 0 radical (unpaired) electrons. The summed E-state index contributed by atoms with van der Waals surface area (Å²) in [5, 5.41) is 6.72. The molecule has 6 nitrogen and oxygen atoms in total. The van der Waals surface area contributed by atoms with Crippen LogP contribution in [0.4, 0.5) is 27.5 Å². The fourth-order valence-electron chi connectivity index (χ4n) is 3.48. The zero-order chi connectivity index (χ0) is 19.2. The van der Waals surface area contributed by atoms with Gasteiger partial charge in [-0.25, -0.2) is 9.37 Å². The number of aryl methyl sites for hydroxylation is 1. The first-order chi connectivity index (χ1) is 13.1. The monoisotopic (exact) mass is 444 g/mol. The van der Waals surface area contributed by atoms with Crippen molar-refractivity contribution in [3.8, 4) is 0 Å². The Morgan fingerprint density at radius 2 is 2.00 bits per heavy atom. The third-order valence-electron chi connectivity index (χ3n) is 4.76. The molecular weight excluding hydrogens is 414 g/mol. The van der Waals surface area contributed by atoms with Crippen molar-refractivity contribution in [2.45, 2.75) is 45.6 Å². The molecule has 0 bridgehead atoms. The van der Waals surface area contributed by atoms with Gasteiger partial charge in [0.05, 0.1) is 5.69 Å². The van der Waals surface area contributed by atoms with Gasteiger partial charge in [0.1, 0.15) is 11.6 Å². The third-order valence-corrected chi connectivity index (χ3v) is 4.76. The van der Waals surface area contributed by atoms with Crippen LogP contribution in [0.3, 0.4) is 0 Å². The number of likely N-dealkylation sites (N-methyl/N-ethyl adjacent to an activating group) is 1. The van der Waals surface area contributed by atoms with Crippen molar-refractivity contribution in [2.24, 2.45) is 0 Å². The van der Waals surface area contributed by atoms with Crippen LogP contribution in [-0.2, 0) is 6.42 Å². The Hall–Kier alpha value is -1.83. The number of nitrogens with one attached hydrogen (secondary N) is 2. The summed E-state index contributed by atoms with van der Waals surface area (Å²) in [6, 6.07) is 7.12. The zero-order valence-electron chi connectivity index (χ0n) is 16.9. The average molecular weight is 445 g/mol. The van der Waals surface area contributed by atoms with E-state index >= 15 is 0 Å². The number of aromatic nitrogens is 2.